The lowest BCUT2D eigenvalue weighted by Gasteiger charge is -2.37. The number of thiophene rings is 1. The van der Waals surface area contributed by atoms with Crippen LogP contribution in [-0.4, -0.2) is 56.4 Å². The van der Waals surface area contributed by atoms with Gasteiger partial charge in [0.1, 0.15) is 9.73 Å². The van der Waals surface area contributed by atoms with Gasteiger partial charge in [0.25, 0.3) is 6.01 Å². The minimum absolute atomic E-state index is 0.00464. The fourth-order valence-electron chi connectivity index (χ4n) is 4.48. The number of amides is 1. The van der Waals surface area contributed by atoms with E-state index in [0.717, 1.165) is 37.0 Å². The van der Waals surface area contributed by atoms with Crippen molar-refractivity contribution in [1.29, 1.82) is 0 Å². The minimum atomic E-state index is -3.47. The molecule has 0 radical (unpaired) electrons. The first-order valence-corrected chi connectivity index (χ1v) is 13.3. The van der Waals surface area contributed by atoms with Gasteiger partial charge in [0, 0.05) is 38.1 Å². The molecule has 0 aliphatic carbocycles. The Morgan fingerprint density at radius 1 is 1.03 bits per heavy atom. The predicted molar refractivity (Wildman–Crippen MR) is 123 cm³/mol. The number of nitrogens with zero attached hydrogens (tertiary/aromatic N) is 3. The van der Waals surface area contributed by atoms with E-state index in [1.165, 1.54) is 11.3 Å². The van der Waals surface area contributed by atoms with E-state index >= 15 is 0 Å². The van der Waals surface area contributed by atoms with Crippen LogP contribution in [0.1, 0.15) is 25.7 Å². The van der Waals surface area contributed by atoms with Gasteiger partial charge in [0.15, 0.2) is 5.58 Å². The third kappa shape index (κ3) is 4.39. The van der Waals surface area contributed by atoms with Gasteiger partial charge >= 0.3 is 0 Å². The molecular weight excluding hydrogens is 448 g/mol. The zero-order chi connectivity index (χ0) is 22.1. The van der Waals surface area contributed by atoms with E-state index < -0.39 is 10.0 Å². The molecule has 0 bridgehead atoms. The summed E-state index contributed by atoms with van der Waals surface area (Å²) in [7, 11) is -3.47. The Balaban J connectivity index is 1.12. The minimum Gasteiger partial charge on any atom is -0.423 e. The SMILES string of the molecule is O=C(C1CCN(c2nc3ccccc3o2)CC1)N1CCC(NS(=O)(=O)c2cccs2)CC1. The Bertz CT molecular complexity index is 1140. The van der Waals surface area contributed by atoms with E-state index in [1.54, 1.807) is 17.5 Å². The van der Waals surface area contributed by atoms with E-state index in [4.69, 9.17) is 4.42 Å². The Morgan fingerprint density at radius 3 is 2.47 bits per heavy atom. The van der Waals surface area contributed by atoms with Crippen LogP contribution in [0.25, 0.3) is 11.1 Å². The maximum atomic E-state index is 13.0. The van der Waals surface area contributed by atoms with Crippen molar-refractivity contribution in [2.45, 2.75) is 35.9 Å². The van der Waals surface area contributed by atoms with Crippen molar-refractivity contribution in [3.05, 3.63) is 41.8 Å². The summed E-state index contributed by atoms with van der Waals surface area (Å²) >= 11 is 1.21. The number of carbonyl (C=O) groups excluding carboxylic acids is 1. The number of carbonyl (C=O) groups is 1. The van der Waals surface area contributed by atoms with Crippen molar-refractivity contribution in [2.24, 2.45) is 5.92 Å². The third-order valence-corrected chi connectivity index (χ3v) is 9.20. The maximum Gasteiger partial charge on any atom is 0.298 e. The lowest BCUT2D eigenvalue weighted by molar-refractivity contribution is -0.137. The fraction of sp³-hybridized carbons (Fsp3) is 0.455. The van der Waals surface area contributed by atoms with Crippen molar-refractivity contribution < 1.29 is 17.6 Å². The highest BCUT2D eigenvalue weighted by atomic mass is 32.2. The Labute approximate surface area is 191 Å². The molecule has 0 saturated carbocycles. The molecule has 2 aromatic heterocycles. The monoisotopic (exact) mass is 474 g/mol. The number of likely N-dealkylation sites (tertiary alicyclic amines) is 1. The molecule has 10 heteroatoms. The second kappa shape index (κ2) is 8.84. The van der Waals surface area contributed by atoms with Crippen LogP contribution >= 0.6 is 11.3 Å². The summed E-state index contributed by atoms with van der Waals surface area (Å²) in [4.78, 5) is 21.6. The number of fused-ring (bicyclic) bond motifs is 1. The lowest BCUT2D eigenvalue weighted by atomic mass is 9.94. The normalized spacial score (nSPS) is 19.0. The van der Waals surface area contributed by atoms with Gasteiger partial charge in [0.2, 0.25) is 15.9 Å². The number of rotatable bonds is 5. The van der Waals surface area contributed by atoms with Gasteiger partial charge < -0.3 is 14.2 Å². The van der Waals surface area contributed by atoms with E-state index in [-0.39, 0.29) is 17.9 Å². The number of aromatic nitrogens is 1. The first-order valence-electron chi connectivity index (χ1n) is 10.9. The average molecular weight is 475 g/mol. The summed E-state index contributed by atoms with van der Waals surface area (Å²) in [5, 5.41) is 1.76. The molecule has 2 saturated heterocycles. The van der Waals surface area contributed by atoms with Crippen molar-refractivity contribution in [3.63, 3.8) is 0 Å². The van der Waals surface area contributed by atoms with Crippen molar-refractivity contribution >= 4 is 44.4 Å². The van der Waals surface area contributed by atoms with Crippen LogP contribution in [0, 0.1) is 5.92 Å². The molecular formula is C22H26N4O4S2. The average Bonchev–Trinajstić information content (AvgIpc) is 3.50. The molecule has 5 rings (SSSR count). The molecule has 3 aromatic rings. The molecule has 170 valence electrons. The summed E-state index contributed by atoms with van der Waals surface area (Å²) in [5.74, 6) is 0.178. The van der Waals surface area contributed by atoms with Crippen LogP contribution < -0.4 is 9.62 Å². The van der Waals surface area contributed by atoms with E-state index in [2.05, 4.69) is 14.6 Å². The second-order valence-electron chi connectivity index (χ2n) is 8.38. The molecule has 1 aromatic carbocycles. The smallest absolute Gasteiger partial charge is 0.298 e. The van der Waals surface area contributed by atoms with Gasteiger partial charge in [-0.05, 0) is 49.3 Å². The number of hydrogen-bond acceptors (Lipinski definition) is 7. The summed E-state index contributed by atoms with van der Waals surface area (Å²) in [5.41, 5.74) is 1.62. The van der Waals surface area contributed by atoms with Gasteiger partial charge in [-0.15, -0.1) is 11.3 Å². The number of anilines is 1. The van der Waals surface area contributed by atoms with E-state index in [0.29, 0.717) is 36.2 Å². The molecule has 4 heterocycles. The molecule has 1 N–H and O–H groups in total. The van der Waals surface area contributed by atoms with Crippen molar-refractivity contribution in [2.75, 3.05) is 31.1 Å². The summed E-state index contributed by atoms with van der Waals surface area (Å²) in [6.45, 7) is 2.64. The third-order valence-electron chi connectivity index (χ3n) is 6.29. The molecule has 2 aliphatic rings. The van der Waals surface area contributed by atoms with Crippen LogP contribution in [0.4, 0.5) is 6.01 Å². The summed E-state index contributed by atoms with van der Waals surface area (Å²) in [6, 6.07) is 11.5. The fourth-order valence-corrected chi connectivity index (χ4v) is 6.80. The zero-order valence-electron chi connectivity index (χ0n) is 17.6. The first-order chi connectivity index (χ1) is 15.5. The van der Waals surface area contributed by atoms with Gasteiger partial charge in [-0.2, -0.15) is 4.98 Å². The van der Waals surface area contributed by atoms with Crippen LogP contribution in [0.5, 0.6) is 0 Å². The number of oxazole rings is 1. The largest absolute Gasteiger partial charge is 0.423 e. The highest BCUT2D eigenvalue weighted by molar-refractivity contribution is 7.91. The Hall–Kier alpha value is -2.43. The van der Waals surface area contributed by atoms with Gasteiger partial charge in [-0.25, -0.2) is 13.1 Å². The number of sulfonamides is 1. The number of benzene rings is 1. The molecule has 0 atom stereocenters. The van der Waals surface area contributed by atoms with E-state index in [1.807, 2.05) is 29.2 Å². The number of hydrogen-bond donors (Lipinski definition) is 1. The standard InChI is InChI=1S/C22H26N4O4S2/c27-21(25-13-9-17(10-14-25)24-32(28,29)20-6-3-15-31-20)16-7-11-26(12-8-16)22-23-18-4-1-2-5-19(18)30-22/h1-6,15-17,24H,7-14H2. The lowest BCUT2D eigenvalue weighted by Crippen LogP contribution is -2.49. The number of para-hydroxylation sites is 2. The Morgan fingerprint density at radius 2 is 1.78 bits per heavy atom. The molecule has 32 heavy (non-hydrogen) atoms. The van der Waals surface area contributed by atoms with Crippen LogP contribution in [0.15, 0.2) is 50.4 Å². The quantitative estimate of drug-likeness (QED) is 0.611. The molecule has 0 unspecified atom stereocenters. The van der Waals surface area contributed by atoms with E-state index in [9.17, 15) is 13.2 Å². The topological polar surface area (TPSA) is 95.8 Å². The Kier molecular flexibility index (Phi) is 5.92. The second-order valence-corrected chi connectivity index (χ2v) is 11.3. The highest BCUT2D eigenvalue weighted by Gasteiger charge is 2.33. The zero-order valence-corrected chi connectivity index (χ0v) is 19.3. The summed E-state index contributed by atoms with van der Waals surface area (Å²) in [6.07, 6.45) is 2.81. The molecule has 1 amide bonds. The van der Waals surface area contributed by atoms with Crippen LogP contribution in [-0.2, 0) is 14.8 Å². The van der Waals surface area contributed by atoms with Gasteiger partial charge in [0.05, 0.1) is 0 Å². The van der Waals surface area contributed by atoms with Crippen molar-refractivity contribution in [3.8, 4) is 0 Å². The van der Waals surface area contributed by atoms with Gasteiger partial charge in [-0.3, -0.25) is 4.79 Å². The van der Waals surface area contributed by atoms with Crippen molar-refractivity contribution in [1.82, 2.24) is 14.6 Å². The predicted octanol–water partition coefficient (Wildman–Crippen LogP) is 3.08. The first kappa shape index (κ1) is 21.4. The molecule has 2 fully saturated rings. The number of piperidine rings is 2. The van der Waals surface area contributed by atoms with Crippen LogP contribution in [0.2, 0.25) is 0 Å². The summed E-state index contributed by atoms with van der Waals surface area (Å²) < 4.78 is 33.8. The molecule has 0 spiro atoms. The van der Waals surface area contributed by atoms with Crippen LogP contribution in [0.3, 0.4) is 0 Å². The molecule has 8 nitrogen and oxygen atoms in total. The molecule has 2 aliphatic heterocycles. The maximum absolute atomic E-state index is 13.0. The highest BCUT2D eigenvalue weighted by Crippen LogP contribution is 2.28. The number of nitrogens with one attached hydrogen (secondary N) is 1. The van der Waals surface area contributed by atoms with Gasteiger partial charge in [-0.1, -0.05) is 18.2 Å².